The van der Waals surface area contributed by atoms with E-state index in [1.807, 2.05) is 0 Å². The lowest BCUT2D eigenvalue weighted by molar-refractivity contribution is 0.172. The summed E-state index contributed by atoms with van der Waals surface area (Å²) >= 11 is 0. The topological polar surface area (TPSA) is 3.24 Å². The third kappa shape index (κ3) is 5.42. The second kappa shape index (κ2) is 8.13. The van der Waals surface area contributed by atoms with Crippen molar-refractivity contribution in [1.29, 1.82) is 0 Å². The summed E-state index contributed by atoms with van der Waals surface area (Å²) in [6, 6.07) is 0.794. The molecule has 1 aliphatic rings. The van der Waals surface area contributed by atoms with Crippen molar-refractivity contribution in [3.05, 3.63) is 0 Å². The second-order valence-corrected chi connectivity index (χ2v) is 6.28. The van der Waals surface area contributed by atoms with Crippen molar-refractivity contribution < 1.29 is 0 Å². The number of hydrogen-bond donors (Lipinski definition) is 0. The highest BCUT2D eigenvalue weighted by Gasteiger charge is 2.20. The Morgan fingerprint density at radius 2 is 1.47 bits per heavy atom. The molecule has 0 N–H and O–H groups in total. The highest BCUT2D eigenvalue weighted by atomic mass is 15.1. The molecule has 1 rings (SSSR count). The van der Waals surface area contributed by atoms with Crippen molar-refractivity contribution in [2.45, 2.75) is 78.7 Å². The van der Waals surface area contributed by atoms with E-state index in [1.165, 1.54) is 58.0 Å². The molecule has 1 heteroatoms. The van der Waals surface area contributed by atoms with E-state index < -0.39 is 0 Å². The summed E-state index contributed by atoms with van der Waals surface area (Å²) in [6.07, 6.45) is 9.86. The maximum atomic E-state index is 2.74. The number of likely N-dealkylation sites (tertiary alicyclic amines) is 1. The van der Waals surface area contributed by atoms with Gasteiger partial charge in [-0.1, -0.05) is 46.5 Å². The summed E-state index contributed by atoms with van der Waals surface area (Å²) in [5.41, 5.74) is 0. The molecule has 1 fully saturated rings. The summed E-state index contributed by atoms with van der Waals surface area (Å²) < 4.78 is 0. The Morgan fingerprint density at radius 3 is 2.00 bits per heavy atom. The molecule has 0 aromatic heterocycles. The first-order valence-corrected chi connectivity index (χ1v) is 7.89. The van der Waals surface area contributed by atoms with Crippen LogP contribution in [0.15, 0.2) is 0 Å². The van der Waals surface area contributed by atoms with Crippen molar-refractivity contribution in [3.63, 3.8) is 0 Å². The van der Waals surface area contributed by atoms with Gasteiger partial charge in [0.05, 0.1) is 0 Å². The van der Waals surface area contributed by atoms with Crippen LogP contribution in [0.25, 0.3) is 0 Å². The fraction of sp³-hybridized carbons (Fsp3) is 1.00. The molecular weight excluding hydrogens is 206 g/mol. The van der Waals surface area contributed by atoms with Crippen LogP contribution >= 0.6 is 0 Å². The van der Waals surface area contributed by atoms with Crippen LogP contribution < -0.4 is 0 Å². The van der Waals surface area contributed by atoms with Gasteiger partial charge < -0.3 is 4.90 Å². The molecule has 0 amide bonds. The SMILES string of the molecule is CCCC(C)C(C)CC(C)N1CCCCCC1. The molecule has 0 aromatic carbocycles. The van der Waals surface area contributed by atoms with Crippen LogP contribution in [0.3, 0.4) is 0 Å². The van der Waals surface area contributed by atoms with E-state index in [0.29, 0.717) is 0 Å². The highest BCUT2D eigenvalue weighted by molar-refractivity contribution is 4.74. The van der Waals surface area contributed by atoms with E-state index in [1.54, 1.807) is 0 Å². The van der Waals surface area contributed by atoms with Crippen molar-refractivity contribution in [2.24, 2.45) is 11.8 Å². The molecule has 0 bridgehead atoms. The van der Waals surface area contributed by atoms with E-state index >= 15 is 0 Å². The van der Waals surface area contributed by atoms with Crippen LogP contribution in [0, 0.1) is 11.8 Å². The third-order valence-electron chi connectivity index (χ3n) is 4.69. The lowest BCUT2D eigenvalue weighted by atomic mass is 9.87. The van der Waals surface area contributed by atoms with Gasteiger partial charge in [0.15, 0.2) is 0 Å². The first-order valence-electron chi connectivity index (χ1n) is 7.89. The van der Waals surface area contributed by atoms with Crippen LogP contribution in [-0.4, -0.2) is 24.0 Å². The normalized spacial score (nSPS) is 24.0. The highest BCUT2D eigenvalue weighted by Crippen LogP contribution is 2.24. The Bertz CT molecular complexity index is 182. The summed E-state index contributed by atoms with van der Waals surface area (Å²) in [7, 11) is 0. The van der Waals surface area contributed by atoms with E-state index in [-0.39, 0.29) is 0 Å². The summed E-state index contributed by atoms with van der Waals surface area (Å²) in [5, 5.41) is 0. The van der Waals surface area contributed by atoms with Gasteiger partial charge in [-0.25, -0.2) is 0 Å². The van der Waals surface area contributed by atoms with E-state index in [2.05, 4.69) is 32.6 Å². The molecule has 0 aliphatic carbocycles. The lowest BCUT2D eigenvalue weighted by Crippen LogP contribution is -2.35. The Balaban J connectivity index is 2.33. The van der Waals surface area contributed by atoms with Gasteiger partial charge in [-0.15, -0.1) is 0 Å². The minimum Gasteiger partial charge on any atom is -0.301 e. The number of rotatable bonds is 6. The molecule has 0 spiro atoms. The molecule has 1 saturated heterocycles. The van der Waals surface area contributed by atoms with Gasteiger partial charge in [0.2, 0.25) is 0 Å². The zero-order valence-electron chi connectivity index (χ0n) is 12.5. The predicted molar refractivity (Wildman–Crippen MR) is 77.4 cm³/mol. The molecule has 17 heavy (non-hydrogen) atoms. The molecule has 1 aliphatic heterocycles. The van der Waals surface area contributed by atoms with Gasteiger partial charge in [0.25, 0.3) is 0 Å². The van der Waals surface area contributed by atoms with Crippen LogP contribution in [0.4, 0.5) is 0 Å². The first-order chi connectivity index (χ1) is 8.15. The van der Waals surface area contributed by atoms with E-state index in [9.17, 15) is 0 Å². The van der Waals surface area contributed by atoms with Gasteiger partial charge in [-0.2, -0.15) is 0 Å². The Labute approximate surface area is 109 Å². The lowest BCUT2D eigenvalue weighted by Gasteiger charge is -2.31. The summed E-state index contributed by atoms with van der Waals surface area (Å²) in [4.78, 5) is 2.74. The largest absolute Gasteiger partial charge is 0.301 e. The van der Waals surface area contributed by atoms with Crippen LogP contribution in [0.5, 0.6) is 0 Å². The molecule has 0 saturated carbocycles. The van der Waals surface area contributed by atoms with Crippen LogP contribution in [0.2, 0.25) is 0 Å². The number of hydrogen-bond acceptors (Lipinski definition) is 1. The van der Waals surface area contributed by atoms with E-state index in [0.717, 1.165) is 17.9 Å². The summed E-state index contributed by atoms with van der Waals surface area (Å²) in [5.74, 6) is 1.78. The Hall–Kier alpha value is -0.0400. The van der Waals surface area contributed by atoms with Crippen molar-refractivity contribution in [2.75, 3.05) is 13.1 Å². The molecule has 102 valence electrons. The zero-order chi connectivity index (χ0) is 12.7. The molecule has 0 radical (unpaired) electrons. The summed E-state index contributed by atoms with van der Waals surface area (Å²) in [6.45, 7) is 12.3. The van der Waals surface area contributed by atoms with Crippen LogP contribution in [0.1, 0.15) is 72.6 Å². The maximum Gasteiger partial charge on any atom is 0.00695 e. The monoisotopic (exact) mass is 239 g/mol. The Kier molecular flexibility index (Phi) is 7.18. The average Bonchev–Trinajstić information content (AvgIpc) is 2.57. The predicted octanol–water partition coefficient (Wildman–Crippen LogP) is 4.71. The zero-order valence-corrected chi connectivity index (χ0v) is 12.5. The van der Waals surface area contributed by atoms with Gasteiger partial charge in [-0.05, 0) is 51.1 Å². The minimum atomic E-state index is 0.794. The van der Waals surface area contributed by atoms with Crippen molar-refractivity contribution in [3.8, 4) is 0 Å². The second-order valence-electron chi connectivity index (χ2n) is 6.28. The van der Waals surface area contributed by atoms with Gasteiger partial charge >= 0.3 is 0 Å². The number of nitrogens with zero attached hydrogens (tertiary/aromatic N) is 1. The molecule has 1 heterocycles. The van der Waals surface area contributed by atoms with Crippen molar-refractivity contribution in [1.82, 2.24) is 4.90 Å². The smallest absolute Gasteiger partial charge is 0.00695 e. The fourth-order valence-electron chi connectivity index (χ4n) is 3.20. The molecule has 3 atom stereocenters. The van der Waals surface area contributed by atoms with Gasteiger partial charge in [-0.3, -0.25) is 0 Å². The standard InChI is InChI=1S/C16H33N/c1-5-10-14(2)15(3)13-16(4)17-11-8-6-7-9-12-17/h14-16H,5-13H2,1-4H3. The minimum absolute atomic E-state index is 0.794. The van der Waals surface area contributed by atoms with Crippen LogP contribution in [-0.2, 0) is 0 Å². The van der Waals surface area contributed by atoms with Crippen molar-refractivity contribution >= 4 is 0 Å². The van der Waals surface area contributed by atoms with Gasteiger partial charge in [0, 0.05) is 6.04 Å². The molecule has 0 aromatic rings. The molecule has 3 unspecified atom stereocenters. The Morgan fingerprint density at radius 1 is 0.882 bits per heavy atom. The average molecular weight is 239 g/mol. The fourth-order valence-corrected chi connectivity index (χ4v) is 3.20. The third-order valence-corrected chi connectivity index (χ3v) is 4.69. The molecule has 1 nitrogen and oxygen atoms in total. The quantitative estimate of drug-likeness (QED) is 0.648. The first kappa shape index (κ1) is 15.0. The van der Waals surface area contributed by atoms with E-state index in [4.69, 9.17) is 0 Å². The molecular formula is C16H33N. The van der Waals surface area contributed by atoms with Gasteiger partial charge in [0.1, 0.15) is 0 Å². The maximum absolute atomic E-state index is 2.74.